The Morgan fingerprint density at radius 2 is 1.88 bits per heavy atom. The van der Waals surface area contributed by atoms with Crippen LogP contribution in [-0.4, -0.2) is 0 Å². The molecule has 3 aliphatic carbocycles. The van der Waals surface area contributed by atoms with Crippen molar-refractivity contribution in [1.29, 1.82) is 0 Å². The zero-order valence-corrected chi connectivity index (χ0v) is 11.2. The molecule has 3 rings (SSSR count). The van der Waals surface area contributed by atoms with E-state index in [9.17, 15) is 0 Å². The highest BCUT2D eigenvalue weighted by molar-refractivity contribution is 5.07. The smallest absolute Gasteiger partial charge is 0.0263 e. The predicted octanol–water partition coefficient (Wildman–Crippen LogP) is 5.03. The van der Waals surface area contributed by atoms with Crippen LogP contribution in [0.15, 0.2) is 0 Å². The fourth-order valence-electron chi connectivity index (χ4n) is 5.17. The SMILES string of the molecule is CCC1CCC(C2CC23CCCC3)CC1C. The quantitative estimate of drug-likeness (QED) is 0.612. The molecular weight excluding hydrogens is 192 g/mol. The minimum Gasteiger partial charge on any atom is -0.0651 e. The van der Waals surface area contributed by atoms with E-state index in [2.05, 4.69) is 13.8 Å². The molecule has 3 saturated carbocycles. The average molecular weight is 220 g/mol. The van der Waals surface area contributed by atoms with Gasteiger partial charge in [-0.25, -0.2) is 0 Å². The molecule has 16 heavy (non-hydrogen) atoms. The highest BCUT2D eigenvalue weighted by atomic mass is 14.6. The molecule has 0 nitrogen and oxygen atoms in total. The molecule has 3 fully saturated rings. The molecule has 0 amide bonds. The van der Waals surface area contributed by atoms with E-state index < -0.39 is 0 Å². The van der Waals surface area contributed by atoms with Gasteiger partial charge in [0, 0.05) is 0 Å². The molecule has 0 N–H and O–H groups in total. The van der Waals surface area contributed by atoms with Gasteiger partial charge in [-0.15, -0.1) is 0 Å². The first-order valence-electron chi connectivity index (χ1n) is 7.75. The van der Waals surface area contributed by atoms with Gasteiger partial charge in [0.1, 0.15) is 0 Å². The van der Waals surface area contributed by atoms with Crippen LogP contribution in [0.3, 0.4) is 0 Å². The number of hydrogen-bond acceptors (Lipinski definition) is 0. The van der Waals surface area contributed by atoms with Crippen LogP contribution in [0.4, 0.5) is 0 Å². The Labute approximate surface area is 101 Å². The molecule has 92 valence electrons. The minimum atomic E-state index is 0.892. The summed E-state index contributed by atoms with van der Waals surface area (Å²) in [4.78, 5) is 0. The predicted molar refractivity (Wildman–Crippen MR) is 69.3 cm³/mol. The largest absolute Gasteiger partial charge is 0.0651 e. The van der Waals surface area contributed by atoms with Crippen molar-refractivity contribution in [2.75, 3.05) is 0 Å². The maximum Gasteiger partial charge on any atom is -0.0263 e. The zero-order valence-electron chi connectivity index (χ0n) is 11.2. The molecule has 0 aromatic rings. The Hall–Kier alpha value is 0. The van der Waals surface area contributed by atoms with Gasteiger partial charge in [0.15, 0.2) is 0 Å². The number of hydrogen-bond donors (Lipinski definition) is 0. The molecule has 0 aromatic heterocycles. The van der Waals surface area contributed by atoms with Crippen LogP contribution in [0.1, 0.15) is 71.6 Å². The van der Waals surface area contributed by atoms with E-state index in [1.54, 1.807) is 32.1 Å². The Balaban J connectivity index is 1.58. The molecule has 4 unspecified atom stereocenters. The third kappa shape index (κ3) is 1.73. The summed E-state index contributed by atoms with van der Waals surface area (Å²) in [6, 6.07) is 0. The van der Waals surface area contributed by atoms with Crippen molar-refractivity contribution < 1.29 is 0 Å². The second kappa shape index (κ2) is 4.03. The van der Waals surface area contributed by atoms with Crippen molar-refractivity contribution >= 4 is 0 Å². The van der Waals surface area contributed by atoms with Gasteiger partial charge in [-0.3, -0.25) is 0 Å². The number of rotatable bonds is 2. The van der Waals surface area contributed by atoms with Gasteiger partial charge in [-0.2, -0.15) is 0 Å². The summed E-state index contributed by atoms with van der Waals surface area (Å²) in [5, 5.41) is 0. The minimum absolute atomic E-state index is 0.892. The van der Waals surface area contributed by atoms with E-state index in [0.717, 1.165) is 29.1 Å². The van der Waals surface area contributed by atoms with E-state index in [1.165, 1.54) is 25.7 Å². The van der Waals surface area contributed by atoms with Crippen LogP contribution in [0, 0.1) is 29.1 Å². The summed E-state index contributed by atoms with van der Waals surface area (Å²) in [5.74, 6) is 4.35. The lowest BCUT2D eigenvalue weighted by molar-refractivity contribution is 0.160. The molecular formula is C16H28. The van der Waals surface area contributed by atoms with E-state index in [1.807, 2.05) is 0 Å². The molecule has 0 bridgehead atoms. The van der Waals surface area contributed by atoms with Crippen LogP contribution in [0.25, 0.3) is 0 Å². The first-order valence-corrected chi connectivity index (χ1v) is 7.75. The van der Waals surface area contributed by atoms with Crippen molar-refractivity contribution in [3.05, 3.63) is 0 Å². The summed E-state index contributed by atoms with van der Waals surface area (Å²) >= 11 is 0. The average Bonchev–Trinajstić information content (AvgIpc) is 2.76. The molecule has 0 heterocycles. The molecule has 0 aromatic carbocycles. The highest BCUT2D eigenvalue weighted by Crippen LogP contribution is 2.67. The van der Waals surface area contributed by atoms with Crippen LogP contribution < -0.4 is 0 Å². The summed E-state index contributed by atoms with van der Waals surface area (Å²) in [5.41, 5.74) is 0.892. The lowest BCUT2D eigenvalue weighted by Gasteiger charge is -2.34. The second-order valence-corrected chi connectivity index (χ2v) is 7.10. The molecule has 0 heteroatoms. The van der Waals surface area contributed by atoms with Gasteiger partial charge in [0.05, 0.1) is 0 Å². The van der Waals surface area contributed by atoms with E-state index >= 15 is 0 Å². The fourth-order valence-corrected chi connectivity index (χ4v) is 5.17. The van der Waals surface area contributed by atoms with Gasteiger partial charge < -0.3 is 0 Å². The standard InChI is InChI=1S/C16H28/c1-3-13-6-7-14(10-12(13)2)15-11-16(15)8-4-5-9-16/h12-15H,3-11H2,1-2H3. The second-order valence-electron chi connectivity index (χ2n) is 7.10. The first kappa shape index (κ1) is 11.1. The molecule has 0 radical (unpaired) electrons. The zero-order chi connectivity index (χ0) is 11.2. The monoisotopic (exact) mass is 220 g/mol. The molecule has 3 aliphatic rings. The molecule has 0 aliphatic heterocycles. The van der Waals surface area contributed by atoms with Crippen molar-refractivity contribution in [2.45, 2.75) is 71.6 Å². The Bertz CT molecular complexity index is 249. The third-order valence-electron chi connectivity index (χ3n) is 6.33. The van der Waals surface area contributed by atoms with Crippen LogP contribution in [0.5, 0.6) is 0 Å². The third-order valence-corrected chi connectivity index (χ3v) is 6.33. The highest BCUT2D eigenvalue weighted by Gasteiger charge is 2.57. The summed E-state index contributed by atoms with van der Waals surface area (Å²) in [7, 11) is 0. The maximum absolute atomic E-state index is 2.52. The summed E-state index contributed by atoms with van der Waals surface area (Å²) < 4.78 is 0. The molecule has 0 saturated heterocycles. The summed E-state index contributed by atoms with van der Waals surface area (Å²) in [6.45, 7) is 4.90. The van der Waals surface area contributed by atoms with E-state index in [0.29, 0.717) is 0 Å². The van der Waals surface area contributed by atoms with E-state index in [4.69, 9.17) is 0 Å². The van der Waals surface area contributed by atoms with Gasteiger partial charge in [-0.1, -0.05) is 33.1 Å². The van der Waals surface area contributed by atoms with Crippen molar-refractivity contribution in [3.8, 4) is 0 Å². The van der Waals surface area contributed by atoms with Gasteiger partial charge >= 0.3 is 0 Å². The Kier molecular flexibility index (Phi) is 2.80. The topological polar surface area (TPSA) is 0 Å². The van der Waals surface area contributed by atoms with Crippen molar-refractivity contribution in [1.82, 2.24) is 0 Å². The lowest BCUT2D eigenvalue weighted by Crippen LogP contribution is -2.24. The van der Waals surface area contributed by atoms with E-state index in [-0.39, 0.29) is 0 Å². The van der Waals surface area contributed by atoms with Crippen LogP contribution in [-0.2, 0) is 0 Å². The Morgan fingerprint density at radius 3 is 2.50 bits per heavy atom. The first-order chi connectivity index (χ1) is 7.75. The summed E-state index contributed by atoms with van der Waals surface area (Å²) in [6.07, 6.45) is 13.9. The van der Waals surface area contributed by atoms with Crippen LogP contribution in [0.2, 0.25) is 0 Å². The molecule has 4 atom stereocenters. The molecule has 1 spiro atoms. The van der Waals surface area contributed by atoms with Crippen molar-refractivity contribution in [2.24, 2.45) is 29.1 Å². The lowest BCUT2D eigenvalue weighted by atomic mass is 9.71. The Morgan fingerprint density at radius 1 is 1.12 bits per heavy atom. The van der Waals surface area contributed by atoms with Gasteiger partial charge in [-0.05, 0) is 67.6 Å². The van der Waals surface area contributed by atoms with Gasteiger partial charge in [0.25, 0.3) is 0 Å². The van der Waals surface area contributed by atoms with Crippen molar-refractivity contribution in [3.63, 3.8) is 0 Å². The maximum atomic E-state index is 2.52. The normalized spacial score (nSPS) is 46.1. The fraction of sp³-hybridized carbons (Fsp3) is 1.00. The van der Waals surface area contributed by atoms with Crippen LogP contribution >= 0.6 is 0 Å². The van der Waals surface area contributed by atoms with Gasteiger partial charge in [0.2, 0.25) is 0 Å².